The molecule has 4 aliphatic carbocycles. The summed E-state index contributed by atoms with van der Waals surface area (Å²) in [5.41, 5.74) is 1.86. The van der Waals surface area contributed by atoms with Crippen molar-refractivity contribution in [2.24, 2.45) is 34.5 Å². The van der Waals surface area contributed by atoms with Gasteiger partial charge in [-0.25, -0.2) is 0 Å². The molecule has 0 aromatic heterocycles. The third kappa shape index (κ3) is 2.23. The van der Waals surface area contributed by atoms with Crippen LogP contribution in [-0.4, -0.2) is 16.9 Å². The fourth-order valence-electron chi connectivity index (χ4n) is 7.13. The number of hydrogen-bond donors (Lipinski definition) is 1. The molecule has 6 atom stereocenters. The SMILES string of the molecule is C[C@]12CC[C@H]3[C@@H](CC=C4CC(=O)CC[C@@]43C)[C@@H]1CC[C@@H]2CC(=O)O. The average molecular weight is 330 g/mol. The molecule has 0 amide bonds. The summed E-state index contributed by atoms with van der Waals surface area (Å²) in [4.78, 5) is 23.2. The van der Waals surface area contributed by atoms with Crippen LogP contribution >= 0.6 is 0 Å². The topological polar surface area (TPSA) is 54.4 Å². The first-order chi connectivity index (χ1) is 11.3. The van der Waals surface area contributed by atoms with E-state index in [9.17, 15) is 14.7 Å². The molecule has 1 N–H and O–H groups in total. The molecule has 0 radical (unpaired) electrons. The zero-order valence-corrected chi connectivity index (χ0v) is 15.0. The van der Waals surface area contributed by atoms with Crippen LogP contribution in [0.5, 0.6) is 0 Å². The Hall–Kier alpha value is -1.12. The van der Waals surface area contributed by atoms with Crippen LogP contribution in [0, 0.1) is 34.5 Å². The van der Waals surface area contributed by atoms with E-state index in [4.69, 9.17) is 0 Å². The van der Waals surface area contributed by atoms with Gasteiger partial charge in [-0.15, -0.1) is 0 Å². The van der Waals surface area contributed by atoms with Crippen molar-refractivity contribution in [3.05, 3.63) is 11.6 Å². The number of carbonyl (C=O) groups is 2. The molecule has 4 aliphatic rings. The smallest absolute Gasteiger partial charge is 0.303 e. The summed E-state index contributed by atoms with van der Waals surface area (Å²) in [5, 5.41) is 9.29. The van der Waals surface area contributed by atoms with Gasteiger partial charge in [0.15, 0.2) is 0 Å². The predicted molar refractivity (Wildman–Crippen MR) is 92.5 cm³/mol. The summed E-state index contributed by atoms with van der Waals surface area (Å²) in [5.74, 6) is 2.21. The zero-order chi connectivity index (χ0) is 17.1. The van der Waals surface area contributed by atoms with E-state index >= 15 is 0 Å². The number of carboxylic acids is 1. The molecule has 4 rings (SSSR count). The molecule has 0 aliphatic heterocycles. The highest BCUT2D eigenvalue weighted by Crippen LogP contribution is 2.66. The molecule has 3 fully saturated rings. The van der Waals surface area contributed by atoms with Crippen molar-refractivity contribution in [2.75, 3.05) is 0 Å². The van der Waals surface area contributed by atoms with Crippen molar-refractivity contribution in [2.45, 2.75) is 71.6 Å². The average Bonchev–Trinajstić information content (AvgIpc) is 2.84. The second-order valence-electron chi connectivity index (χ2n) is 9.39. The Bertz CT molecular complexity index is 606. The van der Waals surface area contributed by atoms with Crippen LogP contribution in [0.4, 0.5) is 0 Å². The number of rotatable bonds is 2. The highest BCUT2D eigenvalue weighted by atomic mass is 16.4. The van der Waals surface area contributed by atoms with Crippen LogP contribution < -0.4 is 0 Å². The van der Waals surface area contributed by atoms with Gasteiger partial charge in [0.25, 0.3) is 0 Å². The lowest BCUT2D eigenvalue weighted by atomic mass is 9.47. The lowest BCUT2D eigenvalue weighted by molar-refractivity contribution is -0.140. The molecular weight excluding hydrogens is 300 g/mol. The number of allylic oxidation sites excluding steroid dienone is 2. The van der Waals surface area contributed by atoms with Gasteiger partial charge in [0.05, 0.1) is 0 Å². The van der Waals surface area contributed by atoms with E-state index in [1.54, 1.807) is 0 Å². The normalized spacial score (nSPS) is 47.4. The van der Waals surface area contributed by atoms with E-state index in [-0.39, 0.29) is 10.8 Å². The van der Waals surface area contributed by atoms with Crippen molar-refractivity contribution < 1.29 is 14.7 Å². The summed E-state index contributed by atoms with van der Waals surface area (Å²) in [6.07, 6.45) is 11.0. The second kappa shape index (κ2) is 5.44. The molecule has 0 unspecified atom stereocenters. The van der Waals surface area contributed by atoms with Crippen LogP contribution in [0.3, 0.4) is 0 Å². The number of carboxylic acid groups (broad SMARTS) is 1. The van der Waals surface area contributed by atoms with Gasteiger partial charge >= 0.3 is 5.97 Å². The molecule has 24 heavy (non-hydrogen) atoms. The summed E-state index contributed by atoms with van der Waals surface area (Å²) in [6, 6.07) is 0. The maximum Gasteiger partial charge on any atom is 0.303 e. The van der Waals surface area contributed by atoms with Crippen LogP contribution in [0.15, 0.2) is 11.6 Å². The van der Waals surface area contributed by atoms with Gasteiger partial charge in [0.2, 0.25) is 0 Å². The number of ketones is 1. The quantitative estimate of drug-likeness (QED) is 0.752. The minimum absolute atomic E-state index is 0.214. The Morgan fingerprint density at radius 3 is 2.75 bits per heavy atom. The minimum Gasteiger partial charge on any atom is -0.481 e. The number of aliphatic carboxylic acids is 1. The summed E-state index contributed by atoms with van der Waals surface area (Å²) in [6.45, 7) is 4.79. The summed E-state index contributed by atoms with van der Waals surface area (Å²) < 4.78 is 0. The summed E-state index contributed by atoms with van der Waals surface area (Å²) in [7, 11) is 0. The molecule has 0 aromatic carbocycles. The lowest BCUT2D eigenvalue weighted by Crippen LogP contribution is -2.50. The third-order valence-corrected chi connectivity index (χ3v) is 8.55. The Morgan fingerprint density at radius 1 is 1.21 bits per heavy atom. The van der Waals surface area contributed by atoms with Gasteiger partial charge in [-0.2, -0.15) is 0 Å². The van der Waals surface area contributed by atoms with Gasteiger partial charge in [-0.3, -0.25) is 9.59 Å². The van der Waals surface area contributed by atoms with Gasteiger partial charge < -0.3 is 5.11 Å². The molecule has 0 saturated heterocycles. The molecule has 0 aromatic rings. The van der Waals surface area contributed by atoms with Gasteiger partial charge in [-0.1, -0.05) is 25.5 Å². The molecule has 0 bridgehead atoms. The standard InChI is InChI=1S/C21H30O3/c1-20-9-7-15(22)11-13(20)3-5-16-17-6-4-14(12-19(23)24)21(17,2)10-8-18(16)20/h3,14,16-18H,4-12H2,1-2H3,(H,23,24)/t14-,16+,17+,18+,20+,21-/m1/s1. The van der Waals surface area contributed by atoms with Gasteiger partial charge in [-0.05, 0) is 73.0 Å². The second-order valence-corrected chi connectivity index (χ2v) is 9.39. The first kappa shape index (κ1) is 16.4. The van der Waals surface area contributed by atoms with Crippen molar-refractivity contribution in [1.29, 1.82) is 0 Å². The Balaban J connectivity index is 1.63. The number of Topliss-reactive ketones (excluding diaryl/α,β-unsaturated/α-hetero) is 1. The highest BCUT2D eigenvalue weighted by molar-refractivity contribution is 5.82. The predicted octanol–water partition coefficient (Wildman–Crippen LogP) is 4.61. The molecule has 0 heterocycles. The Morgan fingerprint density at radius 2 is 2.00 bits per heavy atom. The van der Waals surface area contributed by atoms with E-state index in [2.05, 4.69) is 19.9 Å². The fraction of sp³-hybridized carbons (Fsp3) is 0.810. The molecule has 3 heteroatoms. The van der Waals surface area contributed by atoms with E-state index in [1.807, 2.05) is 0 Å². The van der Waals surface area contributed by atoms with Crippen molar-refractivity contribution >= 4 is 11.8 Å². The maximum absolute atomic E-state index is 11.9. The van der Waals surface area contributed by atoms with Gasteiger partial charge in [0.1, 0.15) is 5.78 Å². The minimum atomic E-state index is -0.632. The zero-order valence-electron chi connectivity index (χ0n) is 15.0. The van der Waals surface area contributed by atoms with Crippen LogP contribution in [0.1, 0.15) is 71.6 Å². The van der Waals surface area contributed by atoms with Crippen LogP contribution in [0.2, 0.25) is 0 Å². The fourth-order valence-corrected chi connectivity index (χ4v) is 7.13. The van der Waals surface area contributed by atoms with E-state index < -0.39 is 5.97 Å². The van der Waals surface area contributed by atoms with E-state index in [1.165, 1.54) is 24.8 Å². The summed E-state index contributed by atoms with van der Waals surface area (Å²) >= 11 is 0. The molecular formula is C21H30O3. The molecule has 0 spiro atoms. The molecule has 132 valence electrons. The maximum atomic E-state index is 11.9. The van der Waals surface area contributed by atoms with Crippen molar-refractivity contribution in [1.82, 2.24) is 0 Å². The first-order valence-corrected chi connectivity index (χ1v) is 9.77. The number of fused-ring (bicyclic) bond motifs is 5. The molecule has 3 nitrogen and oxygen atoms in total. The van der Waals surface area contributed by atoms with Crippen LogP contribution in [0.25, 0.3) is 0 Å². The van der Waals surface area contributed by atoms with E-state index in [0.717, 1.165) is 25.7 Å². The van der Waals surface area contributed by atoms with E-state index in [0.29, 0.717) is 42.3 Å². The largest absolute Gasteiger partial charge is 0.481 e. The third-order valence-electron chi connectivity index (χ3n) is 8.55. The molecule has 3 saturated carbocycles. The first-order valence-electron chi connectivity index (χ1n) is 9.77. The van der Waals surface area contributed by atoms with Crippen molar-refractivity contribution in [3.63, 3.8) is 0 Å². The highest BCUT2D eigenvalue weighted by Gasteiger charge is 2.58. The Labute approximate surface area is 144 Å². The number of carbonyl (C=O) groups excluding carboxylic acids is 1. The van der Waals surface area contributed by atoms with Crippen molar-refractivity contribution in [3.8, 4) is 0 Å². The van der Waals surface area contributed by atoms with Crippen LogP contribution in [-0.2, 0) is 9.59 Å². The Kier molecular flexibility index (Phi) is 3.71. The lowest BCUT2D eigenvalue weighted by Gasteiger charge is -2.57. The monoisotopic (exact) mass is 330 g/mol. The van der Waals surface area contributed by atoms with Gasteiger partial charge in [0, 0.05) is 19.3 Å². The number of hydrogen-bond acceptors (Lipinski definition) is 2.